The van der Waals surface area contributed by atoms with E-state index in [-0.39, 0.29) is 17.5 Å². The number of ether oxygens (including phenoxy) is 1. The number of hydrogen-bond acceptors (Lipinski definition) is 7. The third-order valence-electron chi connectivity index (χ3n) is 5.69. The molecule has 1 fully saturated rings. The van der Waals surface area contributed by atoms with Crippen LogP contribution in [0.4, 0.5) is 5.82 Å². The molecule has 0 unspecified atom stereocenters. The van der Waals surface area contributed by atoms with Crippen LogP contribution in [-0.4, -0.2) is 69.2 Å². The van der Waals surface area contributed by atoms with Crippen LogP contribution in [0.3, 0.4) is 0 Å². The molecule has 2 aromatic heterocycles. The van der Waals surface area contributed by atoms with Crippen LogP contribution in [0.15, 0.2) is 29.1 Å². The van der Waals surface area contributed by atoms with Gasteiger partial charge in [-0.15, -0.1) is 0 Å². The lowest BCUT2D eigenvalue weighted by Gasteiger charge is -2.32. The molecule has 9 nitrogen and oxygen atoms in total. The zero-order chi connectivity index (χ0) is 21.8. The Balaban J connectivity index is 1.55. The van der Waals surface area contributed by atoms with Crippen LogP contribution in [0.5, 0.6) is 6.01 Å². The van der Waals surface area contributed by atoms with Crippen molar-refractivity contribution in [1.82, 2.24) is 29.3 Å². The number of fused-ring (bicyclic) bond motifs is 1. The molecular formula is C22H31N7O2. The number of nitrogen functional groups attached to an aromatic ring is 1. The number of aromatic amines is 1. The molecule has 0 saturated carbocycles. The number of benzene rings is 1. The van der Waals surface area contributed by atoms with Gasteiger partial charge in [0, 0.05) is 32.7 Å². The molecular weight excluding hydrogens is 394 g/mol. The molecule has 4 rings (SSSR count). The number of likely N-dealkylation sites (N-methyl/N-ethyl adjacent to an activating group) is 1. The second-order valence-electron chi connectivity index (χ2n) is 8.21. The summed E-state index contributed by atoms with van der Waals surface area (Å²) < 4.78 is 7.21. The molecule has 1 aliphatic heterocycles. The lowest BCUT2D eigenvalue weighted by atomic mass is 10.1. The van der Waals surface area contributed by atoms with E-state index < -0.39 is 0 Å². The maximum Gasteiger partial charge on any atom is 0.328 e. The van der Waals surface area contributed by atoms with Crippen LogP contribution >= 0.6 is 0 Å². The Labute approximate surface area is 181 Å². The van der Waals surface area contributed by atoms with Crippen molar-refractivity contribution in [3.63, 3.8) is 0 Å². The highest BCUT2D eigenvalue weighted by molar-refractivity contribution is 5.81. The van der Waals surface area contributed by atoms with Gasteiger partial charge in [-0.3, -0.25) is 9.47 Å². The standard InChI is InChI=1S/C22H31N7O2/c1-3-4-12-31-21-25-19(23)18-20(26-21)29(22(30)24-18)15-17-7-5-6-16(13-17)14-28-10-8-27(2)9-11-28/h5-7,13H,3-4,8-12,14-15H2,1-2H3,(H,24,30)(H2,23,25,26). The Morgan fingerprint density at radius 3 is 2.61 bits per heavy atom. The van der Waals surface area contributed by atoms with Crippen molar-refractivity contribution in [2.75, 3.05) is 45.6 Å². The second-order valence-corrected chi connectivity index (χ2v) is 8.21. The number of rotatable bonds is 8. The summed E-state index contributed by atoms with van der Waals surface area (Å²) in [7, 11) is 2.16. The molecule has 3 aromatic rings. The monoisotopic (exact) mass is 425 g/mol. The number of imidazole rings is 1. The zero-order valence-electron chi connectivity index (χ0n) is 18.3. The number of H-pyrrole nitrogens is 1. The van der Waals surface area contributed by atoms with E-state index in [1.807, 2.05) is 12.1 Å². The molecule has 0 spiro atoms. The number of unbranched alkanes of at least 4 members (excludes halogenated alkanes) is 1. The number of aromatic nitrogens is 4. The van der Waals surface area contributed by atoms with Crippen molar-refractivity contribution in [2.24, 2.45) is 0 Å². The first-order valence-corrected chi connectivity index (χ1v) is 10.9. The predicted octanol–water partition coefficient (Wildman–Crippen LogP) is 1.68. The number of nitrogens with two attached hydrogens (primary N) is 1. The third-order valence-corrected chi connectivity index (χ3v) is 5.69. The number of anilines is 1. The average molecular weight is 426 g/mol. The third kappa shape index (κ3) is 5.05. The van der Waals surface area contributed by atoms with E-state index >= 15 is 0 Å². The number of piperazine rings is 1. The van der Waals surface area contributed by atoms with E-state index in [1.165, 1.54) is 5.56 Å². The molecule has 0 radical (unpaired) electrons. The zero-order valence-corrected chi connectivity index (χ0v) is 18.3. The summed E-state index contributed by atoms with van der Waals surface area (Å²) in [6.07, 6.45) is 1.92. The van der Waals surface area contributed by atoms with Crippen LogP contribution in [0, 0.1) is 0 Å². The molecule has 1 aromatic carbocycles. The SMILES string of the molecule is CCCCOc1nc(N)c2[nH]c(=O)n(Cc3cccc(CN4CCN(C)CC4)c3)c2n1. The fourth-order valence-corrected chi connectivity index (χ4v) is 3.82. The molecule has 0 aliphatic carbocycles. The van der Waals surface area contributed by atoms with Crippen molar-refractivity contribution in [3.8, 4) is 6.01 Å². The highest BCUT2D eigenvalue weighted by Crippen LogP contribution is 2.19. The van der Waals surface area contributed by atoms with Gasteiger partial charge < -0.3 is 20.4 Å². The molecule has 1 aliphatic rings. The minimum Gasteiger partial charge on any atom is -0.463 e. The highest BCUT2D eigenvalue weighted by atomic mass is 16.5. The Bertz CT molecular complexity index is 1080. The Morgan fingerprint density at radius 2 is 1.87 bits per heavy atom. The van der Waals surface area contributed by atoms with Crippen molar-refractivity contribution in [2.45, 2.75) is 32.9 Å². The van der Waals surface area contributed by atoms with Gasteiger partial charge in [0.05, 0.1) is 13.2 Å². The first-order valence-electron chi connectivity index (χ1n) is 10.9. The molecule has 31 heavy (non-hydrogen) atoms. The molecule has 9 heteroatoms. The van der Waals surface area contributed by atoms with Gasteiger partial charge >= 0.3 is 11.7 Å². The first kappa shape index (κ1) is 21.3. The lowest BCUT2D eigenvalue weighted by molar-refractivity contribution is 0.148. The maximum atomic E-state index is 12.6. The molecule has 0 atom stereocenters. The molecule has 0 bridgehead atoms. The molecule has 1 saturated heterocycles. The minimum atomic E-state index is -0.258. The molecule has 166 valence electrons. The lowest BCUT2D eigenvalue weighted by Crippen LogP contribution is -2.43. The van der Waals surface area contributed by atoms with Gasteiger partial charge in [-0.1, -0.05) is 37.6 Å². The van der Waals surface area contributed by atoms with Crippen molar-refractivity contribution < 1.29 is 4.74 Å². The molecule has 3 heterocycles. The summed E-state index contributed by atoms with van der Waals surface area (Å²) in [5.74, 6) is 0.219. The van der Waals surface area contributed by atoms with E-state index in [0.717, 1.165) is 51.1 Å². The minimum absolute atomic E-state index is 0.204. The van der Waals surface area contributed by atoms with Crippen LogP contribution in [-0.2, 0) is 13.1 Å². The Kier molecular flexibility index (Phi) is 6.53. The fourth-order valence-electron chi connectivity index (χ4n) is 3.82. The summed E-state index contributed by atoms with van der Waals surface area (Å²) in [6, 6.07) is 8.58. The maximum absolute atomic E-state index is 12.6. The summed E-state index contributed by atoms with van der Waals surface area (Å²) in [5, 5.41) is 0. The summed E-state index contributed by atoms with van der Waals surface area (Å²) >= 11 is 0. The van der Waals surface area contributed by atoms with E-state index in [0.29, 0.717) is 24.3 Å². The Morgan fingerprint density at radius 1 is 1.13 bits per heavy atom. The largest absolute Gasteiger partial charge is 0.463 e. The number of hydrogen-bond donors (Lipinski definition) is 2. The van der Waals surface area contributed by atoms with Gasteiger partial charge in [0.15, 0.2) is 11.5 Å². The topological polar surface area (TPSA) is 105 Å². The van der Waals surface area contributed by atoms with Crippen LogP contribution < -0.4 is 16.2 Å². The van der Waals surface area contributed by atoms with Crippen molar-refractivity contribution >= 4 is 17.0 Å². The Hall–Kier alpha value is -2.91. The van der Waals surface area contributed by atoms with Crippen LogP contribution in [0.2, 0.25) is 0 Å². The smallest absolute Gasteiger partial charge is 0.328 e. The van der Waals surface area contributed by atoms with Gasteiger partial charge in [-0.05, 0) is 24.6 Å². The van der Waals surface area contributed by atoms with Gasteiger partial charge in [0.1, 0.15) is 5.52 Å². The van der Waals surface area contributed by atoms with Crippen molar-refractivity contribution in [1.29, 1.82) is 0 Å². The predicted molar refractivity (Wildman–Crippen MR) is 121 cm³/mol. The van der Waals surface area contributed by atoms with Crippen LogP contribution in [0.1, 0.15) is 30.9 Å². The quantitative estimate of drug-likeness (QED) is 0.529. The fraction of sp³-hybridized carbons (Fsp3) is 0.500. The number of nitrogens with zero attached hydrogens (tertiary/aromatic N) is 5. The number of nitrogens with one attached hydrogen (secondary N) is 1. The van der Waals surface area contributed by atoms with E-state index in [2.05, 4.69) is 50.9 Å². The van der Waals surface area contributed by atoms with Gasteiger partial charge in [-0.25, -0.2) is 4.79 Å². The van der Waals surface area contributed by atoms with Gasteiger partial charge in [-0.2, -0.15) is 9.97 Å². The summed E-state index contributed by atoms with van der Waals surface area (Å²) in [4.78, 5) is 28.9. The second kappa shape index (κ2) is 9.49. The van der Waals surface area contributed by atoms with Gasteiger partial charge in [0.25, 0.3) is 0 Å². The van der Waals surface area contributed by atoms with Gasteiger partial charge in [0.2, 0.25) is 0 Å². The average Bonchev–Trinajstić information content (AvgIpc) is 3.06. The van der Waals surface area contributed by atoms with E-state index in [4.69, 9.17) is 10.5 Å². The molecule has 0 amide bonds. The normalized spacial score (nSPS) is 15.5. The van der Waals surface area contributed by atoms with Crippen molar-refractivity contribution in [3.05, 3.63) is 45.9 Å². The van der Waals surface area contributed by atoms with E-state index in [9.17, 15) is 4.79 Å². The molecule has 3 N–H and O–H groups in total. The summed E-state index contributed by atoms with van der Waals surface area (Å²) in [5.41, 5.74) is 8.99. The van der Waals surface area contributed by atoms with E-state index in [1.54, 1.807) is 4.57 Å². The highest BCUT2D eigenvalue weighted by Gasteiger charge is 2.16. The van der Waals surface area contributed by atoms with Crippen LogP contribution in [0.25, 0.3) is 11.2 Å². The summed E-state index contributed by atoms with van der Waals surface area (Å²) in [6.45, 7) is 8.24. The first-order chi connectivity index (χ1) is 15.0.